The van der Waals surface area contributed by atoms with Gasteiger partial charge in [0.25, 0.3) is 0 Å². The summed E-state index contributed by atoms with van der Waals surface area (Å²) in [7, 11) is 1.61. The van der Waals surface area contributed by atoms with Gasteiger partial charge in [0.05, 0.1) is 13.2 Å². The number of hydrogen-bond donors (Lipinski definition) is 3. The normalized spacial score (nSPS) is 23.4. The van der Waals surface area contributed by atoms with Crippen LogP contribution in [0.4, 0.5) is 0 Å². The highest BCUT2D eigenvalue weighted by molar-refractivity contribution is 6.10. The van der Waals surface area contributed by atoms with E-state index in [1.807, 2.05) is 18.2 Å². The molecule has 1 amide bonds. The van der Waals surface area contributed by atoms with Gasteiger partial charge in [0.1, 0.15) is 5.84 Å². The maximum atomic E-state index is 11.8. The smallest absolute Gasteiger partial charge is 0.226 e. The van der Waals surface area contributed by atoms with Crippen molar-refractivity contribution in [1.82, 2.24) is 5.32 Å². The highest BCUT2D eigenvalue weighted by Crippen LogP contribution is 2.37. The molecular weight excluding hydrogens is 306 g/mol. The van der Waals surface area contributed by atoms with E-state index in [9.17, 15) is 4.79 Å². The van der Waals surface area contributed by atoms with E-state index in [0.29, 0.717) is 11.3 Å². The van der Waals surface area contributed by atoms with Gasteiger partial charge in [0.15, 0.2) is 11.5 Å². The van der Waals surface area contributed by atoms with E-state index in [0.717, 1.165) is 24.2 Å². The first-order valence-electron chi connectivity index (χ1n) is 8.27. The molecule has 2 aliphatic rings. The number of benzene rings is 1. The van der Waals surface area contributed by atoms with Crippen LogP contribution in [-0.4, -0.2) is 25.0 Å². The number of amides is 1. The molecule has 1 heterocycles. The summed E-state index contributed by atoms with van der Waals surface area (Å²) in [6.07, 6.45) is 6.46. The van der Waals surface area contributed by atoms with Gasteiger partial charge in [-0.1, -0.05) is 6.07 Å². The van der Waals surface area contributed by atoms with Crippen molar-refractivity contribution in [2.24, 2.45) is 5.73 Å². The van der Waals surface area contributed by atoms with Gasteiger partial charge in [-0.25, -0.2) is 0 Å². The van der Waals surface area contributed by atoms with Crippen LogP contribution in [0.5, 0.6) is 11.5 Å². The van der Waals surface area contributed by atoms with Gasteiger partial charge < -0.3 is 20.5 Å². The molecule has 1 saturated carbocycles. The van der Waals surface area contributed by atoms with Crippen LogP contribution in [0.25, 0.3) is 0 Å². The van der Waals surface area contributed by atoms with Crippen LogP contribution in [0, 0.1) is 5.41 Å². The third-order valence-electron chi connectivity index (χ3n) is 4.68. The van der Waals surface area contributed by atoms with E-state index >= 15 is 0 Å². The monoisotopic (exact) mass is 329 g/mol. The Kier molecular flexibility index (Phi) is 4.74. The largest absolute Gasteiger partial charge is 0.493 e. The van der Waals surface area contributed by atoms with Crippen molar-refractivity contribution in [3.05, 3.63) is 35.5 Å². The number of hydrogen-bond acceptors (Lipinski definition) is 5. The van der Waals surface area contributed by atoms with Crippen LogP contribution >= 0.6 is 0 Å². The Morgan fingerprint density at radius 3 is 2.71 bits per heavy atom. The molecule has 128 valence electrons. The zero-order chi connectivity index (χ0) is 17.1. The van der Waals surface area contributed by atoms with Gasteiger partial charge in [0, 0.05) is 24.1 Å². The van der Waals surface area contributed by atoms with Crippen LogP contribution < -0.4 is 20.5 Å². The third-order valence-corrected chi connectivity index (χ3v) is 4.68. The Bertz CT molecular complexity index is 678. The molecule has 1 aromatic carbocycles. The van der Waals surface area contributed by atoms with Crippen LogP contribution in [0.15, 0.2) is 30.0 Å². The fraction of sp³-hybridized carbons (Fsp3) is 0.444. The number of methoxy groups -OCH3 is 1. The molecule has 24 heavy (non-hydrogen) atoms. The molecule has 2 fully saturated rings. The molecule has 1 aromatic rings. The number of nitrogens with one attached hydrogen (secondary N) is 2. The minimum absolute atomic E-state index is 0.0593. The van der Waals surface area contributed by atoms with Gasteiger partial charge in [-0.2, -0.15) is 0 Å². The minimum atomic E-state index is -0.245. The first-order chi connectivity index (χ1) is 11.6. The molecule has 6 nitrogen and oxygen atoms in total. The summed E-state index contributed by atoms with van der Waals surface area (Å²) in [5.41, 5.74) is 7.17. The van der Waals surface area contributed by atoms with E-state index in [-0.39, 0.29) is 30.2 Å². The van der Waals surface area contributed by atoms with Crippen molar-refractivity contribution in [1.29, 1.82) is 5.41 Å². The first-order valence-corrected chi connectivity index (χ1v) is 8.27. The minimum Gasteiger partial charge on any atom is -0.493 e. The van der Waals surface area contributed by atoms with Gasteiger partial charge in [-0.05, 0) is 43.4 Å². The molecule has 0 spiro atoms. The number of ether oxygens (including phenoxy) is 2. The van der Waals surface area contributed by atoms with E-state index in [2.05, 4.69) is 5.32 Å². The molecule has 1 unspecified atom stereocenters. The summed E-state index contributed by atoms with van der Waals surface area (Å²) in [6, 6.07) is 5.69. The molecule has 1 aliphatic heterocycles. The molecule has 6 heteroatoms. The average Bonchev–Trinajstić information content (AvgIpc) is 3.07. The van der Waals surface area contributed by atoms with Crippen molar-refractivity contribution in [2.75, 3.05) is 7.11 Å². The second-order valence-electron chi connectivity index (χ2n) is 6.24. The van der Waals surface area contributed by atoms with E-state index in [1.54, 1.807) is 7.11 Å². The molecule has 0 aromatic heterocycles. The van der Waals surface area contributed by atoms with Crippen molar-refractivity contribution >= 4 is 11.7 Å². The number of nitrogens with two attached hydrogens (primary N) is 1. The van der Waals surface area contributed by atoms with Crippen LogP contribution in [-0.2, 0) is 4.79 Å². The Morgan fingerprint density at radius 2 is 2.04 bits per heavy atom. The first kappa shape index (κ1) is 16.4. The standard InChI is InChI=1S/C18H23N3O3/c1-23-16-8-11(6-7-15(16)24-12-4-2-3-5-12)13-9-17(22)21-18(20)14(13)10-19/h6-8,10,12-13H,2-5,9,19H2,1H3,(H2,20,21,22). The lowest BCUT2D eigenvalue weighted by Crippen LogP contribution is -2.39. The van der Waals surface area contributed by atoms with Gasteiger partial charge in [-0.15, -0.1) is 0 Å². The summed E-state index contributed by atoms with van der Waals surface area (Å²) >= 11 is 0. The summed E-state index contributed by atoms with van der Waals surface area (Å²) < 4.78 is 11.5. The van der Waals surface area contributed by atoms with E-state index < -0.39 is 0 Å². The zero-order valence-electron chi connectivity index (χ0n) is 13.8. The molecule has 1 atom stereocenters. The Balaban J connectivity index is 1.87. The van der Waals surface area contributed by atoms with Gasteiger partial charge >= 0.3 is 0 Å². The van der Waals surface area contributed by atoms with Crippen molar-refractivity contribution in [2.45, 2.75) is 44.1 Å². The summed E-state index contributed by atoms with van der Waals surface area (Å²) in [5.74, 6) is 1.01. The SMILES string of the molecule is COc1cc(C2CC(=O)NC(=N)C2=CN)ccc1OC1CCCC1. The summed E-state index contributed by atoms with van der Waals surface area (Å²) in [4.78, 5) is 11.8. The second-order valence-corrected chi connectivity index (χ2v) is 6.24. The van der Waals surface area contributed by atoms with Gasteiger partial charge in [0.2, 0.25) is 5.91 Å². The molecule has 0 radical (unpaired) electrons. The quantitative estimate of drug-likeness (QED) is 0.790. The van der Waals surface area contributed by atoms with E-state index in [1.165, 1.54) is 19.0 Å². The average molecular weight is 329 g/mol. The summed E-state index contributed by atoms with van der Waals surface area (Å²) in [5, 5.41) is 10.4. The fourth-order valence-corrected chi connectivity index (χ4v) is 3.41. The maximum absolute atomic E-state index is 11.8. The predicted octanol–water partition coefficient (Wildman–Crippen LogP) is 2.44. The lowest BCUT2D eigenvalue weighted by atomic mass is 9.85. The topological polar surface area (TPSA) is 97.4 Å². The Labute approximate surface area is 141 Å². The third kappa shape index (κ3) is 3.22. The molecule has 1 aliphatic carbocycles. The second kappa shape index (κ2) is 6.95. The van der Waals surface area contributed by atoms with Crippen LogP contribution in [0.1, 0.15) is 43.6 Å². The van der Waals surface area contributed by atoms with Crippen molar-refractivity contribution in [3.63, 3.8) is 0 Å². The number of carbonyl (C=O) groups is 1. The highest BCUT2D eigenvalue weighted by Gasteiger charge is 2.30. The van der Waals surface area contributed by atoms with E-state index in [4.69, 9.17) is 20.6 Å². The number of amidine groups is 1. The molecule has 3 rings (SSSR count). The highest BCUT2D eigenvalue weighted by atomic mass is 16.5. The predicted molar refractivity (Wildman–Crippen MR) is 91.4 cm³/mol. The van der Waals surface area contributed by atoms with Gasteiger partial charge in [-0.3, -0.25) is 10.2 Å². The lowest BCUT2D eigenvalue weighted by Gasteiger charge is -2.27. The number of rotatable bonds is 4. The Morgan fingerprint density at radius 1 is 1.29 bits per heavy atom. The summed E-state index contributed by atoms with van der Waals surface area (Å²) in [6.45, 7) is 0. The zero-order valence-corrected chi connectivity index (χ0v) is 13.8. The lowest BCUT2D eigenvalue weighted by molar-refractivity contribution is -0.120. The molecule has 0 bridgehead atoms. The Hall–Kier alpha value is -2.50. The van der Waals surface area contributed by atoms with Crippen molar-refractivity contribution in [3.8, 4) is 11.5 Å². The fourth-order valence-electron chi connectivity index (χ4n) is 3.41. The number of carbonyl (C=O) groups excluding carboxylic acids is 1. The maximum Gasteiger partial charge on any atom is 0.226 e. The molecular formula is C18H23N3O3. The van der Waals surface area contributed by atoms with Crippen LogP contribution in [0.3, 0.4) is 0 Å². The van der Waals surface area contributed by atoms with Crippen molar-refractivity contribution < 1.29 is 14.3 Å². The van der Waals surface area contributed by atoms with Crippen LogP contribution in [0.2, 0.25) is 0 Å². The molecule has 1 saturated heterocycles. The number of piperidine rings is 1. The molecule has 4 N–H and O–H groups in total.